The first-order valence-electron chi connectivity index (χ1n) is 6.71. The number of hydrogen-bond donors (Lipinski definition) is 1. The topological polar surface area (TPSA) is 59.9 Å². The third-order valence-corrected chi connectivity index (χ3v) is 5.09. The Hall–Kier alpha value is -1.29. The monoisotopic (exact) mass is 433 g/mol. The molecule has 2 heterocycles. The number of aryl methyl sites for hydroxylation is 1. The van der Waals surface area contributed by atoms with E-state index in [2.05, 4.69) is 31.3 Å². The first-order chi connectivity index (χ1) is 10.6. The maximum Gasteiger partial charge on any atom is 0.259 e. The summed E-state index contributed by atoms with van der Waals surface area (Å²) in [5.74, 6) is -0.00711. The fourth-order valence-electron chi connectivity index (χ4n) is 2.62. The van der Waals surface area contributed by atoms with Crippen molar-refractivity contribution in [2.24, 2.45) is 0 Å². The van der Waals surface area contributed by atoms with Crippen LogP contribution in [0.3, 0.4) is 0 Å². The number of aromatic amines is 1. The SMILES string of the molecule is CCCc1c2c(=O)[nH]c3c(F)ccc(OC)c3c2nn1SI. The normalized spacial score (nSPS) is 11.5. The number of nitrogens with zero attached hydrogens (tertiary/aromatic N) is 2. The molecule has 0 unspecified atom stereocenters. The molecule has 0 radical (unpaired) electrons. The lowest BCUT2D eigenvalue weighted by atomic mass is 10.1. The average Bonchev–Trinajstić information content (AvgIpc) is 2.88. The van der Waals surface area contributed by atoms with Crippen LogP contribution in [0.15, 0.2) is 16.9 Å². The molecule has 0 aliphatic rings. The Morgan fingerprint density at radius 1 is 1.45 bits per heavy atom. The van der Waals surface area contributed by atoms with Crippen molar-refractivity contribution < 1.29 is 9.13 Å². The molecular weight excluding hydrogens is 420 g/mol. The Morgan fingerprint density at radius 2 is 2.23 bits per heavy atom. The van der Waals surface area contributed by atoms with Crippen LogP contribution in [0.5, 0.6) is 5.75 Å². The van der Waals surface area contributed by atoms with Crippen LogP contribution in [0.25, 0.3) is 21.8 Å². The van der Waals surface area contributed by atoms with Crippen LogP contribution >= 0.6 is 30.3 Å². The van der Waals surface area contributed by atoms with Crippen molar-refractivity contribution in [3.8, 4) is 5.75 Å². The molecule has 0 saturated heterocycles. The summed E-state index contributed by atoms with van der Waals surface area (Å²) in [5, 5.41) is 5.49. The number of aromatic nitrogens is 3. The van der Waals surface area contributed by atoms with Gasteiger partial charge in [0.05, 0.1) is 29.1 Å². The molecule has 0 fully saturated rings. The van der Waals surface area contributed by atoms with Crippen LogP contribution < -0.4 is 10.3 Å². The number of methoxy groups -OCH3 is 1. The number of hydrogen-bond acceptors (Lipinski definition) is 4. The van der Waals surface area contributed by atoms with E-state index in [0.717, 1.165) is 18.5 Å². The summed E-state index contributed by atoms with van der Waals surface area (Å²) in [4.78, 5) is 15.1. The minimum absolute atomic E-state index is 0.128. The molecule has 22 heavy (non-hydrogen) atoms. The maximum absolute atomic E-state index is 14.1. The molecule has 8 heteroatoms. The molecule has 3 aromatic rings. The van der Waals surface area contributed by atoms with E-state index in [0.29, 0.717) is 22.0 Å². The van der Waals surface area contributed by atoms with Gasteiger partial charge < -0.3 is 9.72 Å². The molecule has 0 bridgehead atoms. The molecule has 0 saturated carbocycles. The Labute approximate surface area is 141 Å². The van der Waals surface area contributed by atoms with Gasteiger partial charge >= 0.3 is 0 Å². The summed E-state index contributed by atoms with van der Waals surface area (Å²) < 4.78 is 21.1. The van der Waals surface area contributed by atoms with E-state index in [1.165, 1.54) is 22.3 Å². The highest BCUT2D eigenvalue weighted by Gasteiger charge is 2.20. The zero-order valence-corrected chi connectivity index (χ0v) is 14.9. The number of fused-ring (bicyclic) bond motifs is 3. The van der Waals surface area contributed by atoms with Gasteiger partial charge in [0.25, 0.3) is 5.56 Å². The number of rotatable bonds is 4. The van der Waals surface area contributed by atoms with Crippen molar-refractivity contribution >= 4 is 52.1 Å². The van der Waals surface area contributed by atoms with E-state index in [1.54, 1.807) is 10.2 Å². The second-order valence-corrected chi connectivity index (χ2v) is 6.48. The van der Waals surface area contributed by atoms with Gasteiger partial charge in [0, 0.05) is 30.3 Å². The van der Waals surface area contributed by atoms with Gasteiger partial charge in [0.15, 0.2) is 0 Å². The number of pyridine rings is 1. The smallest absolute Gasteiger partial charge is 0.259 e. The Kier molecular flexibility index (Phi) is 4.31. The third-order valence-electron chi connectivity index (χ3n) is 3.54. The van der Waals surface area contributed by atoms with Gasteiger partial charge in [-0.25, -0.2) is 4.39 Å². The van der Waals surface area contributed by atoms with Crippen LogP contribution in [-0.4, -0.2) is 21.3 Å². The van der Waals surface area contributed by atoms with Crippen molar-refractivity contribution in [3.05, 3.63) is 34.0 Å². The summed E-state index contributed by atoms with van der Waals surface area (Å²) in [6.45, 7) is 2.04. The lowest BCUT2D eigenvalue weighted by Gasteiger charge is -2.06. The van der Waals surface area contributed by atoms with Crippen molar-refractivity contribution in [2.75, 3.05) is 7.11 Å². The molecule has 3 rings (SSSR count). The zero-order valence-electron chi connectivity index (χ0n) is 11.9. The lowest BCUT2D eigenvalue weighted by molar-refractivity contribution is 0.419. The number of halogens is 2. The predicted octanol–water partition coefficient (Wildman–Crippen LogP) is 3.82. The number of nitrogens with one attached hydrogen (secondary N) is 1. The van der Waals surface area contributed by atoms with Crippen molar-refractivity contribution in [1.29, 1.82) is 0 Å². The van der Waals surface area contributed by atoms with Gasteiger partial charge in [0.2, 0.25) is 0 Å². The quantitative estimate of drug-likeness (QED) is 0.636. The van der Waals surface area contributed by atoms with E-state index in [-0.39, 0.29) is 11.1 Å². The highest BCUT2D eigenvalue weighted by molar-refractivity contribution is 14.2. The summed E-state index contributed by atoms with van der Waals surface area (Å²) in [6.07, 6.45) is 1.61. The van der Waals surface area contributed by atoms with E-state index < -0.39 is 5.82 Å². The molecule has 5 nitrogen and oxygen atoms in total. The van der Waals surface area contributed by atoms with Crippen LogP contribution in [-0.2, 0) is 6.42 Å². The third kappa shape index (κ3) is 2.28. The molecule has 0 aliphatic carbocycles. The summed E-state index contributed by atoms with van der Waals surface area (Å²) >= 11 is 2.11. The Bertz CT molecular complexity index is 922. The van der Waals surface area contributed by atoms with E-state index in [1.807, 2.05) is 6.92 Å². The van der Waals surface area contributed by atoms with Crippen LogP contribution in [0.4, 0.5) is 4.39 Å². The van der Waals surface area contributed by atoms with Gasteiger partial charge in [-0.3, -0.25) is 4.79 Å². The minimum Gasteiger partial charge on any atom is -0.496 e. The van der Waals surface area contributed by atoms with Gasteiger partial charge in [-0.15, -0.1) is 0 Å². The first-order valence-corrected chi connectivity index (χ1v) is 10.0. The fourth-order valence-corrected chi connectivity index (χ4v) is 3.98. The average molecular weight is 433 g/mol. The first kappa shape index (κ1) is 15.6. The molecular formula is C14H13FIN3O2S. The van der Waals surface area contributed by atoms with E-state index >= 15 is 0 Å². The molecule has 2 aromatic heterocycles. The summed E-state index contributed by atoms with van der Waals surface area (Å²) in [7, 11) is 2.90. The van der Waals surface area contributed by atoms with Crippen molar-refractivity contribution in [1.82, 2.24) is 14.2 Å². The van der Waals surface area contributed by atoms with Crippen LogP contribution in [0.2, 0.25) is 0 Å². The second kappa shape index (κ2) is 6.07. The van der Waals surface area contributed by atoms with Crippen molar-refractivity contribution in [2.45, 2.75) is 19.8 Å². The lowest BCUT2D eigenvalue weighted by Crippen LogP contribution is -2.09. The minimum atomic E-state index is -0.497. The molecule has 0 aliphatic heterocycles. The summed E-state index contributed by atoms with van der Waals surface area (Å²) in [6, 6.07) is 2.82. The maximum atomic E-state index is 14.1. The number of H-pyrrole nitrogens is 1. The van der Waals surface area contributed by atoms with Crippen LogP contribution in [0, 0.1) is 5.82 Å². The molecule has 0 spiro atoms. The second-order valence-electron chi connectivity index (χ2n) is 4.82. The summed E-state index contributed by atoms with van der Waals surface area (Å²) in [5.41, 5.74) is 1.12. The van der Waals surface area contributed by atoms with Gasteiger partial charge in [-0.2, -0.15) is 9.19 Å². The van der Waals surface area contributed by atoms with E-state index in [9.17, 15) is 9.18 Å². The fraction of sp³-hybridized carbons (Fsp3) is 0.286. The van der Waals surface area contributed by atoms with Gasteiger partial charge in [-0.1, -0.05) is 13.3 Å². The highest BCUT2D eigenvalue weighted by atomic mass is 127. The van der Waals surface area contributed by atoms with Crippen LogP contribution in [0.1, 0.15) is 19.0 Å². The Balaban J connectivity index is 2.56. The predicted molar refractivity (Wildman–Crippen MR) is 95.4 cm³/mol. The van der Waals surface area contributed by atoms with Gasteiger partial charge in [-0.05, 0) is 18.6 Å². The molecule has 1 aromatic carbocycles. The van der Waals surface area contributed by atoms with Gasteiger partial charge in [0.1, 0.15) is 17.1 Å². The molecule has 1 N–H and O–H groups in total. The number of benzene rings is 1. The standard InChI is InChI=1S/C14H13FIN3O2S/c1-3-4-8-10-13(18-19(8)22-16)11-9(21-2)6-5-7(15)12(11)17-14(10)20/h5-6H,3-4H2,1-2H3,(H,17,20). The zero-order chi connectivity index (χ0) is 15.9. The Morgan fingerprint density at radius 3 is 2.86 bits per heavy atom. The van der Waals surface area contributed by atoms with E-state index in [4.69, 9.17) is 4.74 Å². The highest BCUT2D eigenvalue weighted by Crippen LogP contribution is 2.34. The molecule has 0 atom stereocenters. The molecule has 0 amide bonds. The van der Waals surface area contributed by atoms with Crippen molar-refractivity contribution in [3.63, 3.8) is 0 Å². The molecule has 116 valence electrons. The largest absolute Gasteiger partial charge is 0.496 e. The number of ether oxygens (including phenoxy) is 1.